The van der Waals surface area contributed by atoms with Crippen molar-refractivity contribution < 1.29 is 14.7 Å². The number of aliphatic carboxylic acids is 1. The van der Waals surface area contributed by atoms with Crippen LogP contribution in [0.5, 0.6) is 0 Å². The van der Waals surface area contributed by atoms with Crippen LogP contribution in [0.2, 0.25) is 0 Å². The third-order valence-electron chi connectivity index (χ3n) is 3.14. The highest BCUT2D eigenvalue weighted by atomic mass is 16.4. The third kappa shape index (κ3) is 2.48. The van der Waals surface area contributed by atoms with Gasteiger partial charge in [0, 0.05) is 26.2 Å². The van der Waals surface area contributed by atoms with Crippen molar-refractivity contribution in [1.82, 2.24) is 25.2 Å². The second kappa shape index (κ2) is 5.13. The van der Waals surface area contributed by atoms with E-state index >= 15 is 0 Å². The highest BCUT2D eigenvalue weighted by molar-refractivity contribution is 5.91. The highest BCUT2D eigenvalue weighted by Gasteiger charge is 2.28. The van der Waals surface area contributed by atoms with E-state index in [1.54, 1.807) is 11.8 Å². The molecule has 1 fully saturated rings. The number of carboxylic acid groups (broad SMARTS) is 1. The minimum absolute atomic E-state index is 0.175. The van der Waals surface area contributed by atoms with Crippen molar-refractivity contribution in [2.24, 2.45) is 0 Å². The Kier molecular flexibility index (Phi) is 3.56. The fraction of sp³-hybridized carbons (Fsp3) is 0.600. The normalized spacial score (nSPS) is 18.6. The zero-order chi connectivity index (χ0) is 13.1. The second-order valence-electron chi connectivity index (χ2n) is 4.20. The quantitative estimate of drug-likeness (QED) is 0.719. The topological polar surface area (TPSA) is 102 Å². The van der Waals surface area contributed by atoms with Crippen molar-refractivity contribution >= 4 is 11.9 Å². The van der Waals surface area contributed by atoms with E-state index in [-0.39, 0.29) is 11.6 Å². The van der Waals surface area contributed by atoms with E-state index < -0.39 is 12.0 Å². The number of carbonyl (C=O) groups is 2. The van der Waals surface area contributed by atoms with Gasteiger partial charge in [0.25, 0.3) is 5.91 Å². The van der Waals surface area contributed by atoms with Crippen LogP contribution in [-0.2, 0) is 4.79 Å². The number of amides is 1. The summed E-state index contributed by atoms with van der Waals surface area (Å²) in [5, 5.41) is 18.6. The summed E-state index contributed by atoms with van der Waals surface area (Å²) < 4.78 is 0. The predicted molar refractivity (Wildman–Crippen MR) is 61.0 cm³/mol. The Morgan fingerprint density at radius 1 is 1.39 bits per heavy atom. The molecule has 1 unspecified atom stereocenters. The van der Waals surface area contributed by atoms with E-state index in [1.807, 2.05) is 4.90 Å². The predicted octanol–water partition coefficient (Wildman–Crippen LogP) is -0.964. The molecule has 1 aliphatic heterocycles. The molecular formula is C10H15N5O3. The van der Waals surface area contributed by atoms with E-state index in [9.17, 15) is 9.59 Å². The Morgan fingerprint density at radius 2 is 2.06 bits per heavy atom. The lowest BCUT2D eigenvalue weighted by Crippen LogP contribution is -2.53. The summed E-state index contributed by atoms with van der Waals surface area (Å²) in [5.41, 5.74) is 0.287. The number of nitrogens with one attached hydrogen (secondary N) is 1. The van der Waals surface area contributed by atoms with Gasteiger partial charge in [-0.05, 0) is 6.92 Å². The van der Waals surface area contributed by atoms with Gasteiger partial charge >= 0.3 is 5.97 Å². The monoisotopic (exact) mass is 253 g/mol. The van der Waals surface area contributed by atoms with E-state index in [2.05, 4.69) is 15.4 Å². The molecule has 18 heavy (non-hydrogen) atoms. The Bertz CT molecular complexity index is 425. The molecule has 2 heterocycles. The van der Waals surface area contributed by atoms with Gasteiger partial charge in [0.1, 0.15) is 6.04 Å². The standard InChI is InChI=1S/C10H15N5O3/c1-7(10(17)18)14-2-4-15(5-3-14)9(16)8-6-11-13-12-8/h6-7H,2-5H2,1H3,(H,17,18)(H,11,12,13). The Labute approximate surface area is 104 Å². The maximum Gasteiger partial charge on any atom is 0.320 e. The van der Waals surface area contributed by atoms with Crippen LogP contribution in [0.4, 0.5) is 0 Å². The van der Waals surface area contributed by atoms with Crippen LogP contribution in [0.15, 0.2) is 6.20 Å². The number of H-pyrrole nitrogens is 1. The Balaban J connectivity index is 1.91. The maximum atomic E-state index is 11.9. The first-order chi connectivity index (χ1) is 8.59. The third-order valence-corrected chi connectivity index (χ3v) is 3.14. The molecule has 0 spiro atoms. The number of hydrogen-bond donors (Lipinski definition) is 2. The van der Waals surface area contributed by atoms with Gasteiger partial charge in [0.15, 0.2) is 5.69 Å². The van der Waals surface area contributed by atoms with Crippen LogP contribution in [0, 0.1) is 0 Å². The van der Waals surface area contributed by atoms with Gasteiger partial charge in [-0.2, -0.15) is 15.4 Å². The van der Waals surface area contributed by atoms with Gasteiger partial charge in [0.2, 0.25) is 0 Å². The lowest BCUT2D eigenvalue weighted by Gasteiger charge is -2.36. The molecule has 1 aromatic rings. The fourth-order valence-electron chi connectivity index (χ4n) is 1.94. The number of hydrogen-bond acceptors (Lipinski definition) is 5. The van der Waals surface area contributed by atoms with E-state index in [1.165, 1.54) is 6.20 Å². The van der Waals surface area contributed by atoms with E-state index in [0.29, 0.717) is 26.2 Å². The molecule has 98 valence electrons. The van der Waals surface area contributed by atoms with Crippen molar-refractivity contribution in [3.63, 3.8) is 0 Å². The molecule has 2 N–H and O–H groups in total. The molecule has 0 bridgehead atoms. The van der Waals surface area contributed by atoms with Crippen LogP contribution >= 0.6 is 0 Å². The number of aromatic amines is 1. The average molecular weight is 253 g/mol. The number of carbonyl (C=O) groups excluding carboxylic acids is 1. The van der Waals surface area contributed by atoms with E-state index in [4.69, 9.17) is 5.11 Å². The number of rotatable bonds is 3. The van der Waals surface area contributed by atoms with Gasteiger partial charge in [-0.25, -0.2) is 0 Å². The lowest BCUT2D eigenvalue weighted by molar-refractivity contribution is -0.143. The summed E-state index contributed by atoms with van der Waals surface area (Å²) in [6.07, 6.45) is 1.38. The molecule has 8 nitrogen and oxygen atoms in total. The van der Waals surface area contributed by atoms with Gasteiger partial charge in [0.05, 0.1) is 6.20 Å². The molecule has 2 rings (SSSR count). The summed E-state index contributed by atoms with van der Waals surface area (Å²) in [5.74, 6) is -1.02. The first kappa shape index (κ1) is 12.5. The van der Waals surface area contributed by atoms with Gasteiger partial charge in [-0.1, -0.05) is 0 Å². The largest absolute Gasteiger partial charge is 0.480 e. The lowest BCUT2D eigenvalue weighted by atomic mass is 10.2. The summed E-state index contributed by atoms with van der Waals surface area (Å²) in [6, 6.07) is -0.519. The van der Waals surface area contributed by atoms with Crippen molar-refractivity contribution in [2.75, 3.05) is 26.2 Å². The summed E-state index contributed by atoms with van der Waals surface area (Å²) in [4.78, 5) is 26.3. The molecule has 1 saturated heterocycles. The fourth-order valence-corrected chi connectivity index (χ4v) is 1.94. The molecule has 1 aliphatic rings. The smallest absolute Gasteiger partial charge is 0.320 e. The van der Waals surface area contributed by atoms with Crippen LogP contribution < -0.4 is 0 Å². The number of piperazine rings is 1. The second-order valence-corrected chi connectivity index (χ2v) is 4.20. The zero-order valence-electron chi connectivity index (χ0n) is 10.0. The van der Waals surface area contributed by atoms with Crippen LogP contribution in [0.1, 0.15) is 17.4 Å². The van der Waals surface area contributed by atoms with Crippen LogP contribution in [0.3, 0.4) is 0 Å². The first-order valence-corrected chi connectivity index (χ1v) is 5.71. The molecule has 0 radical (unpaired) electrons. The molecular weight excluding hydrogens is 238 g/mol. The van der Waals surface area contributed by atoms with Crippen molar-refractivity contribution in [2.45, 2.75) is 13.0 Å². The van der Waals surface area contributed by atoms with Gasteiger partial charge < -0.3 is 10.0 Å². The van der Waals surface area contributed by atoms with Crippen molar-refractivity contribution in [1.29, 1.82) is 0 Å². The zero-order valence-corrected chi connectivity index (χ0v) is 10.0. The summed E-state index contributed by atoms with van der Waals surface area (Å²) in [6.45, 7) is 3.76. The van der Waals surface area contributed by atoms with E-state index in [0.717, 1.165) is 0 Å². The number of carboxylic acids is 1. The van der Waals surface area contributed by atoms with Crippen molar-refractivity contribution in [3.8, 4) is 0 Å². The average Bonchev–Trinajstić information content (AvgIpc) is 2.91. The SMILES string of the molecule is CC(C(=O)O)N1CCN(C(=O)c2cn[nH]n2)CC1. The summed E-state index contributed by atoms with van der Waals surface area (Å²) >= 11 is 0. The molecule has 1 aromatic heterocycles. The molecule has 0 aliphatic carbocycles. The van der Waals surface area contributed by atoms with Crippen LogP contribution in [0.25, 0.3) is 0 Å². The number of nitrogens with zero attached hydrogens (tertiary/aromatic N) is 4. The number of aromatic nitrogens is 3. The van der Waals surface area contributed by atoms with Crippen molar-refractivity contribution in [3.05, 3.63) is 11.9 Å². The van der Waals surface area contributed by atoms with Gasteiger partial charge in [-0.15, -0.1) is 0 Å². The first-order valence-electron chi connectivity index (χ1n) is 5.71. The summed E-state index contributed by atoms with van der Waals surface area (Å²) in [7, 11) is 0. The Morgan fingerprint density at radius 3 is 2.56 bits per heavy atom. The Hall–Kier alpha value is -1.96. The maximum absolute atomic E-state index is 11.9. The van der Waals surface area contributed by atoms with Crippen LogP contribution in [-0.4, -0.2) is 74.4 Å². The van der Waals surface area contributed by atoms with Gasteiger partial charge in [-0.3, -0.25) is 14.5 Å². The molecule has 1 amide bonds. The molecule has 1 atom stereocenters. The molecule has 0 saturated carbocycles. The minimum atomic E-state index is -0.841. The minimum Gasteiger partial charge on any atom is -0.480 e. The highest BCUT2D eigenvalue weighted by Crippen LogP contribution is 2.09. The molecule has 0 aromatic carbocycles. The molecule has 8 heteroatoms.